The van der Waals surface area contributed by atoms with Crippen molar-refractivity contribution < 1.29 is 14.4 Å². The monoisotopic (exact) mass is 407 g/mol. The molecule has 5 aliphatic rings. The molecular formula is C25H17N3O3. The predicted molar refractivity (Wildman–Crippen MR) is 117 cm³/mol. The van der Waals surface area contributed by atoms with E-state index >= 15 is 0 Å². The first-order valence-corrected chi connectivity index (χ1v) is 10.1. The van der Waals surface area contributed by atoms with Crippen LogP contribution in [0.4, 0.5) is 0 Å². The Balaban J connectivity index is 1.74. The minimum atomic E-state index is -0.436. The molecule has 0 saturated carbocycles. The molecule has 0 spiro atoms. The Kier molecular flexibility index (Phi) is 3.86. The van der Waals surface area contributed by atoms with Crippen molar-refractivity contribution in [3.8, 4) is 0 Å². The lowest BCUT2D eigenvalue weighted by molar-refractivity contribution is -0.123. The lowest BCUT2D eigenvalue weighted by Crippen LogP contribution is -2.26. The Morgan fingerprint density at radius 3 is 2.58 bits per heavy atom. The quantitative estimate of drug-likeness (QED) is 0.662. The number of carbonyl (C=O) groups excluding carboxylic acids is 2. The highest BCUT2D eigenvalue weighted by Gasteiger charge is 2.38. The summed E-state index contributed by atoms with van der Waals surface area (Å²) >= 11 is 0. The Morgan fingerprint density at radius 2 is 1.71 bits per heavy atom. The van der Waals surface area contributed by atoms with Crippen molar-refractivity contribution in [2.75, 3.05) is 0 Å². The third-order valence-corrected chi connectivity index (χ3v) is 6.04. The average molecular weight is 407 g/mol. The Hall–Kier alpha value is -4.06. The van der Waals surface area contributed by atoms with E-state index in [4.69, 9.17) is 4.84 Å². The molecule has 1 N–H and O–H groups in total. The number of carbonyl (C=O) groups is 2. The maximum absolute atomic E-state index is 13.1. The van der Waals surface area contributed by atoms with Crippen molar-refractivity contribution >= 4 is 35.0 Å². The van der Waals surface area contributed by atoms with Gasteiger partial charge in [0, 0.05) is 18.2 Å². The van der Waals surface area contributed by atoms with Crippen LogP contribution in [0.5, 0.6) is 0 Å². The molecule has 1 atom stereocenters. The third kappa shape index (κ3) is 2.72. The van der Waals surface area contributed by atoms with Crippen molar-refractivity contribution in [2.45, 2.75) is 18.9 Å². The predicted octanol–water partition coefficient (Wildman–Crippen LogP) is 1.51. The van der Waals surface area contributed by atoms with Crippen molar-refractivity contribution in [3.63, 3.8) is 0 Å². The molecule has 4 bridgehead atoms. The molecule has 6 nitrogen and oxygen atoms in total. The van der Waals surface area contributed by atoms with Crippen molar-refractivity contribution in [2.24, 2.45) is 10.1 Å². The molecule has 1 aromatic carbocycles. The summed E-state index contributed by atoms with van der Waals surface area (Å²) in [6, 6.07) is 7.99. The van der Waals surface area contributed by atoms with E-state index in [0.717, 1.165) is 32.7 Å². The Labute approximate surface area is 177 Å². The molecule has 3 aliphatic heterocycles. The van der Waals surface area contributed by atoms with Gasteiger partial charge in [0.05, 0.1) is 11.1 Å². The van der Waals surface area contributed by atoms with Crippen LogP contribution in [0, 0.1) is 0 Å². The topological polar surface area (TPSA) is 80.1 Å². The molecule has 1 unspecified atom stereocenters. The van der Waals surface area contributed by atoms with Gasteiger partial charge in [-0.1, -0.05) is 53.7 Å². The first-order valence-electron chi connectivity index (χ1n) is 10.1. The van der Waals surface area contributed by atoms with Crippen LogP contribution in [0.3, 0.4) is 0 Å². The molecule has 31 heavy (non-hydrogen) atoms. The Bertz CT molecular complexity index is 1410. The minimum Gasteiger partial charge on any atom is -0.382 e. The summed E-state index contributed by atoms with van der Waals surface area (Å²) in [7, 11) is 0. The van der Waals surface area contributed by atoms with Gasteiger partial charge >= 0.3 is 0 Å². The molecule has 0 aromatic heterocycles. The van der Waals surface area contributed by atoms with Gasteiger partial charge in [-0.3, -0.25) is 14.9 Å². The van der Waals surface area contributed by atoms with Crippen LogP contribution >= 0.6 is 0 Å². The van der Waals surface area contributed by atoms with E-state index in [9.17, 15) is 9.59 Å². The number of hydrogen-bond donors (Lipinski definition) is 1. The van der Waals surface area contributed by atoms with E-state index < -0.39 is 6.10 Å². The van der Waals surface area contributed by atoms with Gasteiger partial charge in [-0.2, -0.15) is 0 Å². The lowest BCUT2D eigenvalue weighted by atomic mass is 9.86. The number of fused-ring (bicyclic) bond motifs is 8. The molecule has 0 saturated heterocycles. The third-order valence-electron chi connectivity index (χ3n) is 6.04. The summed E-state index contributed by atoms with van der Waals surface area (Å²) in [5.74, 6) is -0.303. The first kappa shape index (κ1) is 17.8. The normalized spacial score (nSPS) is 24.5. The summed E-state index contributed by atoms with van der Waals surface area (Å²) < 4.78 is 0. The van der Waals surface area contributed by atoms with Gasteiger partial charge in [0.1, 0.15) is 0 Å². The number of nitrogens with zero attached hydrogens (tertiary/aromatic N) is 2. The average Bonchev–Trinajstić information content (AvgIpc) is 3.20. The SMILES string of the molecule is O=C1NC(=O)C2=C1C1=C3C=CC=CC3ON=C(C1)N=C/C=C\C1=c3ccccc3=C2C1. The maximum atomic E-state index is 13.1. The van der Waals surface area contributed by atoms with E-state index in [0.29, 0.717) is 29.8 Å². The van der Waals surface area contributed by atoms with Crippen LogP contribution in [-0.2, 0) is 14.4 Å². The van der Waals surface area contributed by atoms with Gasteiger partial charge in [-0.15, -0.1) is 0 Å². The van der Waals surface area contributed by atoms with E-state index in [2.05, 4.69) is 15.5 Å². The van der Waals surface area contributed by atoms with E-state index in [-0.39, 0.29) is 11.8 Å². The molecule has 6 heteroatoms. The minimum absolute atomic E-state index is 0.291. The summed E-state index contributed by atoms with van der Waals surface area (Å²) in [6.07, 6.45) is 13.6. The van der Waals surface area contributed by atoms with Gasteiger partial charge in [0.15, 0.2) is 11.9 Å². The molecule has 0 fully saturated rings. The number of benzene rings is 1. The second-order valence-corrected chi connectivity index (χ2v) is 7.78. The van der Waals surface area contributed by atoms with E-state index in [1.54, 1.807) is 6.21 Å². The molecule has 3 heterocycles. The van der Waals surface area contributed by atoms with Crippen molar-refractivity contribution in [3.05, 3.63) is 93.5 Å². The zero-order valence-corrected chi connectivity index (χ0v) is 16.5. The van der Waals surface area contributed by atoms with E-state index in [1.807, 2.05) is 60.7 Å². The smallest absolute Gasteiger partial charge is 0.259 e. The number of allylic oxidation sites excluding steroid dienone is 4. The van der Waals surface area contributed by atoms with Gasteiger partial charge < -0.3 is 4.84 Å². The van der Waals surface area contributed by atoms with Crippen LogP contribution in [0.1, 0.15) is 12.8 Å². The van der Waals surface area contributed by atoms with Crippen LogP contribution < -0.4 is 15.8 Å². The molecule has 0 radical (unpaired) electrons. The fourth-order valence-electron chi connectivity index (χ4n) is 4.70. The van der Waals surface area contributed by atoms with Gasteiger partial charge in [0.25, 0.3) is 11.8 Å². The van der Waals surface area contributed by atoms with Gasteiger partial charge in [-0.25, -0.2) is 4.99 Å². The molecule has 2 aliphatic carbocycles. The Morgan fingerprint density at radius 1 is 0.903 bits per heavy atom. The fourth-order valence-corrected chi connectivity index (χ4v) is 4.70. The number of nitrogens with one attached hydrogen (secondary N) is 1. The number of rotatable bonds is 0. The first-order chi connectivity index (χ1) is 15.2. The summed E-state index contributed by atoms with van der Waals surface area (Å²) in [4.78, 5) is 36.3. The lowest BCUT2D eigenvalue weighted by Gasteiger charge is -2.17. The number of amidine groups is 1. The van der Waals surface area contributed by atoms with Crippen LogP contribution in [0.15, 0.2) is 93.2 Å². The van der Waals surface area contributed by atoms with Crippen molar-refractivity contribution in [1.82, 2.24) is 5.32 Å². The summed E-state index contributed by atoms with van der Waals surface area (Å²) in [5.41, 5.74) is 4.33. The van der Waals surface area contributed by atoms with Crippen LogP contribution in [0.2, 0.25) is 0 Å². The zero-order chi connectivity index (χ0) is 20.9. The number of aliphatic imine (C=N–C) groups is 1. The zero-order valence-electron chi connectivity index (χ0n) is 16.5. The highest BCUT2D eigenvalue weighted by Crippen LogP contribution is 2.37. The largest absolute Gasteiger partial charge is 0.382 e. The molecular weight excluding hydrogens is 390 g/mol. The molecule has 1 aromatic rings. The number of oxime groups is 1. The molecule has 2 amide bonds. The van der Waals surface area contributed by atoms with Crippen LogP contribution in [-0.4, -0.2) is 30.0 Å². The standard InChI is InChI=1S/C25H17N3O3/c29-24-22-18-12-14(15-7-1-2-8-16(15)18)6-5-11-26-21-13-19(23(22)25(30)27-24)17-9-3-4-10-20(17)31-28-21/h1-11,20H,12-13H2,(H,27,29,30)/b6-5-,26-11?. The van der Waals surface area contributed by atoms with E-state index in [1.165, 1.54) is 0 Å². The highest BCUT2D eigenvalue weighted by molar-refractivity contribution is 6.27. The summed E-state index contributed by atoms with van der Waals surface area (Å²) in [5, 5.41) is 8.79. The van der Waals surface area contributed by atoms with Gasteiger partial charge in [-0.05, 0) is 45.7 Å². The number of amides is 2. The molecule has 150 valence electrons. The van der Waals surface area contributed by atoms with Gasteiger partial charge in [0.2, 0.25) is 0 Å². The maximum Gasteiger partial charge on any atom is 0.259 e. The van der Waals surface area contributed by atoms with Crippen molar-refractivity contribution in [1.29, 1.82) is 0 Å². The second kappa shape index (κ2) is 6.74. The fraction of sp³-hybridized carbons (Fsp3) is 0.120. The molecule has 6 rings (SSSR count). The number of imide groups is 1. The van der Waals surface area contributed by atoms with Crippen LogP contribution in [0.25, 0.3) is 11.1 Å². The second-order valence-electron chi connectivity index (χ2n) is 7.78. The number of hydrogen-bond acceptors (Lipinski definition) is 5. The highest BCUT2D eigenvalue weighted by atomic mass is 16.6. The summed E-state index contributed by atoms with van der Waals surface area (Å²) in [6.45, 7) is 0.